The number of rotatable bonds is 2. The van der Waals surface area contributed by atoms with E-state index in [2.05, 4.69) is 0 Å². The Morgan fingerprint density at radius 3 is 2.55 bits per heavy atom. The molecule has 0 fully saturated rings. The van der Waals surface area contributed by atoms with Crippen LogP contribution < -0.4 is 11.5 Å². The Balaban J connectivity index is 2.69. The predicted molar refractivity (Wildman–Crippen MR) is 37.0 cm³/mol. The Morgan fingerprint density at radius 2 is 2.18 bits per heavy atom. The van der Waals surface area contributed by atoms with E-state index in [-0.39, 0.29) is 18.0 Å². The quantitative estimate of drug-likeness (QED) is 0.421. The molecule has 0 aliphatic carbocycles. The van der Waals surface area contributed by atoms with Gasteiger partial charge >= 0.3 is 5.97 Å². The predicted octanol–water partition coefficient (Wildman–Crippen LogP) is -1.58. The summed E-state index contributed by atoms with van der Waals surface area (Å²) in [7, 11) is 0. The topological polar surface area (TPSA) is 98.6 Å². The van der Waals surface area contributed by atoms with Gasteiger partial charge in [-0.3, -0.25) is 0 Å². The Morgan fingerprint density at radius 1 is 1.55 bits per heavy atom. The molecular formula is C6H10N2O3. The maximum Gasteiger partial charge on any atom is 0.356 e. The summed E-state index contributed by atoms with van der Waals surface area (Å²) in [6.45, 7) is -0.0775. The van der Waals surface area contributed by atoms with Crippen molar-refractivity contribution in [1.82, 2.24) is 0 Å². The molecular weight excluding hydrogens is 148 g/mol. The largest absolute Gasteiger partial charge is 0.451 e. The lowest BCUT2D eigenvalue weighted by atomic mass is 10.2. The third kappa shape index (κ3) is 1.27. The molecule has 5 heteroatoms. The highest BCUT2D eigenvalue weighted by atomic mass is 16.6. The molecule has 5 nitrogen and oxygen atoms in total. The summed E-state index contributed by atoms with van der Waals surface area (Å²) in [5, 5.41) is 8.51. The van der Waals surface area contributed by atoms with E-state index < -0.39 is 12.1 Å². The fourth-order valence-electron chi connectivity index (χ4n) is 0.879. The van der Waals surface area contributed by atoms with Crippen LogP contribution in [0.1, 0.15) is 6.42 Å². The van der Waals surface area contributed by atoms with Gasteiger partial charge in [0.2, 0.25) is 0 Å². The van der Waals surface area contributed by atoms with E-state index in [0.29, 0.717) is 6.42 Å². The zero-order valence-corrected chi connectivity index (χ0v) is 5.91. The van der Waals surface area contributed by atoms with Gasteiger partial charge in [0.15, 0.2) is 0 Å². The molecule has 1 rings (SSSR count). The molecule has 5 N–H and O–H groups in total. The van der Waals surface area contributed by atoms with Crippen LogP contribution in [0.4, 0.5) is 0 Å². The summed E-state index contributed by atoms with van der Waals surface area (Å²) >= 11 is 0. The highest BCUT2D eigenvalue weighted by Crippen LogP contribution is 2.16. The van der Waals surface area contributed by atoms with Crippen LogP contribution in [0.5, 0.6) is 0 Å². The second kappa shape index (κ2) is 2.79. The number of aliphatic hydroxyl groups is 1. The van der Waals surface area contributed by atoms with Crippen molar-refractivity contribution >= 4 is 5.97 Å². The molecule has 62 valence electrons. The second-order valence-corrected chi connectivity index (χ2v) is 2.28. The molecule has 0 aromatic carbocycles. The van der Waals surface area contributed by atoms with Crippen LogP contribution in [0.15, 0.2) is 11.4 Å². The normalized spacial score (nSPS) is 24.1. The number of hydrogen-bond donors (Lipinski definition) is 3. The van der Waals surface area contributed by atoms with Crippen LogP contribution in [0, 0.1) is 0 Å². The zero-order valence-electron chi connectivity index (χ0n) is 5.91. The van der Waals surface area contributed by atoms with Gasteiger partial charge in [0, 0.05) is 13.0 Å². The summed E-state index contributed by atoms with van der Waals surface area (Å²) in [4.78, 5) is 10.7. The molecule has 0 aromatic heterocycles. The number of carbonyl (C=O) groups is 1. The van der Waals surface area contributed by atoms with E-state index in [0.717, 1.165) is 0 Å². The minimum Gasteiger partial charge on any atom is -0.451 e. The van der Waals surface area contributed by atoms with Crippen LogP contribution in [0.3, 0.4) is 0 Å². The number of hydrogen-bond acceptors (Lipinski definition) is 5. The first-order valence-corrected chi connectivity index (χ1v) is 3.23. The average molecular weight is 158 g/mol. The van der Waals surface area contributed by atoms with E-state index in [9.17, 15) is 4.79 Å². The molecule has 0 bridgehead atoms. The lowest BCUT2D eigenvalue weighted by molar-refractivity contribution is -0.140. The number of cyclic esters (lactones) is 1. The molecule has 0 aromatic rings. The van der Waals surface area contributed by atoms with E-state index in [1.165, 1.54) is 0 Å². The van der Waals surface area contributed by atoms with E-state index in [4.69, 9.17) is 21.3 Å². The van der Waals surface area contributed by atoms with Crippen LogP contribution in [-0.2, 0) is 9.53 Å². The molecule has 1 atom stereocenters. The SMILES string of the molecule is NC1=C(N)C(CCO)OC1=O. The summed E-state index contributed by atoms with van der Waals surface area (Å²) in [6.07, 6.45) is -0.231. The van der Waals surface area contributed by atoms with Crippen molar-refractivity contribution in [3.05, 3.63) is 11.4 Å². The fourth-order valence-corrected chi connectivity index (χ4v) is 0.879. The van der Waals surface area contributed by atoms with E-state index >= 15 is 0 Å². The standard InChI is InChI=1S/C6H10N2O3/c7-4-3(1-2-9)11-6(10)5(4)8/h3,9H,1-2,7-8H2. The maximum absolute atomic E-state index is 10.7. The molecule has 0 saturated carbocycles. The van der Waals surface area contributed by atoms with Gasteiger partial charge in [-0.2, -0.15) is 0 Å². The number of ether oxygens (including phenoxy) is 1. The van der Waals surface area contributed by atoms with Crippen molar-refractivity contribution in [2.24, 2.45) is 11.5 Å². The minimum atomic E-state index is -0.596. The molecule has 0 radical (unpaired) electrons. The van der Waals surface area contributed by atoms with E-state index in [1.54, 1.807) is 0 Å². The molecule has 0 saturated heterocycles. The Hall–Kier alpha value is -1.23. The summed E-state index contributed by atoms with van der Waals surface area (Å²) in [5.41, 5.74) is 10.8. The summed E-state index contributed by atoms with van der Waals surface area (Å²) < 4.78 is 4.70. The lowest BCUT2D eigenvalue weighted by Gasteiger charge is -2.07. The zero-order chi connectivity index (χ0) is 8.43. The van der Waals surface area contributed by atoms with Crippen molar-refractivity contribution in [2.45, 2.75) is 12.5 Å². The maximum atomic E-state index is 10.7. The van der Waals surface area contributed by atoms with Crippen LogP contribution in [-0.4, -0.2) is 23.8 Å². The molecule has 1 aliphatic heterocycles. The first kappa shape index (κ1) is 7.87. The van der Waals surface area contributed by atoms with Gasteiger partial charge in [0.25, 0.3) is 0 Å². The monoisotopic (exact) mass is 158 g/mol. The van der Waals surface area contributed by atoms with Gasteiger partial charge in [0.1, 0.15) is 11.8 Å². The van der Waals surface area contributed by atoms with Gasteiger partial charge in [0.05, 0.1) is 5.70 Å². The minimum absolute atomic E-state index is 0.0385. The third-order valence-electron chi connectivity index (χ3n) is 1.52. The smallest absolute Gasteiger partial charge is 0.356 e. The van der Waals surface area contributed by atoms with Crippen molar-refractivity contribution in [1.29, 1.82) is 0 Å². The van der Waals surface area contributed by atoms with Crippen molar-refractivity contribution < 1.29 is 14.6 Å². The highest BCUT2D eigenvalue weighted by Gasteiger charge is 2.29. The van der Waals surface area contributed by atoms with Gasteiger partial charge in [-0.05, 0) is 0 Å². The van der Waals surface area contributed by atoms with Crippen molar-refractivity contribution in [3.63, 3.8) is 0 Å². The Bertz CT molecular complexity index is 212. The average Bonchev–Trinajstić information content (AvgIpc) is 2.19. The van der Waals surface area contributed by atoms with Crippen LogP contribution >= 0.6 is 0 Å². The van der Waals surface area contributed by atoms with Crippen molar-refractivity contribution in [2.75, 3.05) is 6.61 Å². The number of esters is 1. The van der Waals surface area contributed by atoms with Gasteiger partial charge in [-0.25, -0.2) is 4.79 Å². The number of aliphatic hydroxyl groups excluding tert-OH is 1. The molecule has 0 amide bonds. The van der Waals surface area contributed by atoms with Gasteiger partial charge < -0.3 is 21.3 Å². The molecule has 1 aliphatic rings. The summed E-state index contributed by atoms with van der Waals surface area (Å²) in [6, 6.07) is 0. The van der Waals surface area contributed by atoms with Crippen LogP contribution in [0.2, 0.25) is 0 Å². The number of nitrogens with two attached hydrogens (primary N) is 2. The fraction of sp³-hybridized carbons (Fsp3) is 0.500. The summed E-state index contributed by atoms with van der Waals surface area (Å²) in [5.74, 6) is -0.596. The van der Waals surface area contributed by atoms with Gasteiger partial charge in [-0.1, -0.05) is 0 Å². The van der Waals surface area contributed by atoms with Gasteiger partial charge in [-0.15, -0.1) is 0 Å². The van der Waals surface area contributed by atoms with Crippen LogP contribution in [0.25, 0.3) is 0 Å². The molecule has 11 heavy (non-hydrogen) atoms. The lowest BCUT2D eigenvalue weighted by Crippen LogP contribution is -2.18. The van der Waals surface area contributed by atoms with E-state index in [1.807, 2.05) is 0 Å². The van der Waals surface area contributed by atoms with Crippen molar-refractivity contribution in [3.8, 4) is 0 Å². The first-order valence-electron chi connectivity index (χ1n) is 3.23. The second-order valence-electron chi connectivity index (χ2n) is 2.28. The number of carbonyl (C=O) groups excluding carboxylic acids is 1. The highest BCUT2D eigenvalue weighted by molar-refractivity contribution is 5.90. The Labute approximate surface area is 63.6 Å². The molecule has 1 heterocycles. The molecule has 1 unspecified atom stereocenters. The Kier molecular flexibility index (Phi) is 2.00. The molecule has 0 spiro atoms. The first-order chi connectivity index (χ1) is 5.16. The third-order valence-corrected chi connectivity index (χ3v) is 1.52.